The summed E-state index contributed by atoms with van der Waals surface area (Å²) in [6, 6.07) is 28.5. The lowest BCUT2D eigenvalue weighted by Gasteiger charge is -2.34. The van der Waals surface area contributed by atoms with Crippen LogP contribution >= 0.6 is 0 Å². The van der Waals surface area contributed by atoms with Crippen LogP contribution in [0.3, 0.4) is 0 Å². The van der Waals surface area contributed by atoms with Crippen LogP contribution in [0.1, 0.15) is 16.7 Å². The number of rotatable bonds is 10. The maximum absolute atomic E-state index is 12.9. The molecule has 2 saturated heterocycles. The van der Waals surface area contributed by atoms with Crippen LogP contribution in [-0.4, -0.2) is 63.2 Å². The van der Waals surface area contributed by atoms with E-state index < -0.39 is 47.0 Å². The van der Waals surface area contributed by atoms with Crippen LogP contribution in [0.15, 0.2) is 91.0 Å². The first-order valence-corrected chi connectivity index (χ1v) is 14.2. The second-order valence-corrected chi connectivity index (χ2v) is 10.9. The largest absolute Gasteiger partial charge is 0.452 e. The zero-order valence-corrected chi connectivity index (χ0v) is 22.8. The molecule has 2 aliphatic rings. The summed E-state index contributed by atoms with van der Waals surface area (Å²) in [5, 5.41) is 0. The van der Waals surface area contributed by atoms with Gasteiger partial charge in [-0.1, -0.05) is 91.0 Å². The normalized spacial score (nSPS) is 25.3. The number of nitrogens with zero attached hydrogens (tertiary/aromatic N) is 1. The van der Waals surface area contributed by atoms with Gasteiger partial charge in [-0.3, -0.25) is 0 Å². The topological polar surface area (TPSA) is 110 Å². The molecule has 4 atom stereocenters. The van der Waals surface area contributed by atoms with Crippen molar-refractivity contribution in [3.8, 4) is 0 Å². The van der Waals surface area contributed by atoms with E-state index >= 15 is 0 Å². The van der Waals surface area contributed by atoms with Gasteiger partial charge in [0.05, 0.1) is 33.5 Å². The van der Waals surface area contributed by atoms with Crippen LogP contribution < -0.4 is 0 Å². The molecule has 3 aromatic carbocycles. The number of carbonyl (C=O) groups is 1. The molecule has 3 aromatic rings. The molecule has 1 spiro atoms. The Bertz CT molecular complexity index is 1360. The van der Waals surface area contributed by atoms with Crippen LogP contribution in [0, 0.1) is 0 Å². The number of methoxy groups -OCH3 is 1. The Labute approximate surface area is 233 Å². The van der Waals surface area contributed by atoms with Crippen molar-refractivity contribution in [1.29, 1.82) is 0 Å². The molecule has 0 unspecified atom stereocenters. The van der Waals surface area contributed by atoms with E-state index in [0.717, 1.165) is 23.8 Å². The Morgan fingerprint density at radius 1 is 0.850 bits per heavy atom. The molecule has 5 rings (SSSR count). The van der Waals surface area contributed by atoms with E-state index in [1.54, 1.807) is 0 Å². The van der Waals surface area contributed by atoms with E-state index in [9.17, 15) is 13.2 Å². The molecule has 0 radical (unpaired) electrons. The second-order valence-electron chi connectivity index (χ2n) is 9.43. The fourth-order valence-corrected chi connectivity index (χ4v) is 6.12. The lowest BCUT2D eigenvalue weighted by Crippen LogP contribution is -2.59. The Morgan fingerprint density at radius 2 is 1.38 bits per heavy atom. The van der Waals surface area contributed by atoms with Gasteiger partial charge in [0.2, 0.25) is 5.72 Å². The zero-order chi connectivity index (χ0) is 28.0. The number of ether oxygens (including phenoxy) is 5. The van der Waals surface area contributed by atoms with Crippen LogP contribution in [0.2, 0.25) is 0 Å². The lowest BCUT2D eigenvalue weighted by molar-refractivity contribution is -0.165. The molecular weight excluding hydrogens is 538 g/mol. The maximum Gasteiger partial charge on any atom is 0.427 e. The first-order valence-electron chi connectivity index (χ1n) is 12.8. The fraction of sp³-hybridized carbons (Fsp3) is 0.345. The predicted molar refractivity (Wildman–Crippen MR) is 143 cm³/mol. The van der Waals surface area contributed by atoms with Crippen molar-refractivity contribution in [3.63, 3.8) is 0 Å². The Hall–Kier alpha value is -3.32. The first-order chi connectivity index (χ1) is 19.4. The number of amides is 1. The highest BCUT2D eigenvalue weighted by Gasteiger charge is 2.69. The molecule has 0 saturated carbocycles. The van der Waals surface area contributed by atoms with E-state index in [2.05, 4.69) is 0 Å². The Morgan fingerprint density at radius 3 is 1.93 bits per heavy atom. The molecule has 1 amide bonds. The number of hydrogen-bond acceptors (Lipinski definition) is 9. The molecule has 2 aliphatic heterocycles. The highest BCUT2D eigenvalue weighted by Crippen LogP contribution is 2.45. The fourth-order valence-electron chi connectivity index (χ4n) is 4.86. The summed E-state index contributed by atoms with van der Waals surface area (Å²) in [6.07, 6.45) is -3.86. The van der Waals surface area contributed by atoms with Crippen molar-refractivity contribution in [2.75, 3.05) is 20.3 Å². The van der Waals surface area contributed by atoms with Gasteiger partial charge in [-0.2, -0.15) is 8.42 Å². The number of hydrogen-bond donors (Lipinski definition) is 0. The average molecular weight is 570 g/mol. The molecule has 10 nitrogen and oxygen atoms in total. The van der Waals surface area contributed by atoms with E-state index in [1.807, 2.05) is 91.0 Å². The van der Waals surface area contributed by atoms with Gasteiger partial charge in [-0.25, -0.2) is 8.98 Å². The van der Waals surface area contributed by atoms with Crippen LogP contribution in [0.5, 0.6) is 0 Å². The van der Waals surface area contributed by atoms with Gasteiger partial charge in [-0.15, -0.1) is 4.31 Å². The van der Waals surface area contributed by atoms with Crippen LogP contribution in [0.25, 0.3) is 0 Å². The highest BCUT2D eigenvalue weighted by molar-refractivity contribution is 7.85. The summed E-state index contributed by atoms with van der Waals surface area (Å²) in [5.74, 6) is 0. The standard InChI is InChI=1S/C29H31NO9S/c1-34-28(31)30-29(21-38-40(30,32)33)27(37-19-24-15-9-4-10-16-24)26(36-18-23-13-7-3-8-14-23)25(39-29)20-35-17-22-11-5-2-6-12-22/h2-16,25-27H,17-21H2,1H3/t25-,26-,27+,29+/m1/s1. The third-order valence-corrected chi connectivity index (χ3v) is 8.06. The minimum Gasteiger partial charge on any atom is -0.452 e. The third kappa shape index (κ3) is 6.04. The average Bonchev–Trinajstić information content (AvgIpc) is 3.43. The van der Waals surface area contributed by atoms with Gasteiger partial charge in [0.25, 0.3) is 0 Å². The van der Waals surface area contributed by atoms with Crippen molar-refractivity contribution < 1.29 is 41.1 Å². The number of benzene rings is 3. The number of carbonyl (C=O) groups excluding carboxylic acids is 1. The van der Waals surface area contributed by atoms with E-state index in [4.69, 9.17) is 27.9 Å². The molecular formula is C29H31NO9S. The Kier molecular flexibility index (Phi) is 8.79. The van der Waals surface area contributed by atoms with Crippen molar-refractivity contribution >= 4 is 16.4 Å². The molecule has 40 heavy (non-hydrogen) atoms. The molecule has 0 aromatic heterocycles. The summed E-state index contributed by atoms with van der Waals surface area (Å²) in [7, 11) is -3.44. The highest BCUT2D eigenvalue weighted by atomic mass is 32.2. The lowest BCUT2D eigenvalue weighted by atomic mass is 10.0. The quantitative estimate of drug-likeness (QED) is 0.360. The zero-order valence-electron chi connectivity index (χ0n) is 22.0. The summed E-state index contributed by atoms with van der Waals surface area (Å²) in [5.41, 5.74) is 0.823. The first kappa shape index (κ1) is 28.2. The predicted octanol–water partition coefficient (Wildman–Crippen LogP) is 3.81. The van der Waals surface area contributed by atoms with Crippen molar-refractivity contribution in [1.82, 2.24) is 4.31 Å². The molecule has 11 heteroatoms. The van der Waals surface area contributed by atoms with E-state index in [0.29, 0.717) is 10.9 Å². The molecule has 0 bridgehead atoms. The van der Waals surface area contributed by atoms with Gasteiger partial charge < -0.3 is 23.7 Å². The second kappa shape index (κ2) is 12.5. The van der Waals surface area contributed by atoms with Gasteiger partial charge in [0.1, 0.15) is 24.9 Å². The third-order valence-electron chi connectivity index (χ3n) is 6.74. The van der Waals surface area contributed by atoms with Crippen LogP contribution in [-0.2, 0) is 58.0 Å². The van der Waals surface area contributed by atoms with E-state index in [1.165, 1.54) is 0 Å². The van der Waals surface area contributed by atoms with Gasteiger partial charge >= 0.3 is 16.4 Å². The molecule has 0 aliphatic carbocycles. The summed E-state index contributed by atoms with van der Waals surface area (Å²) < 4.78 is 61.3. The van der Waals surface area contributed by atoms with Gasteiger partial charge in [0.15, 0.2) is 0 Å². The minimum absolute atomic E-state index is 0.0381. The van der Waals surface area contributed by atoms with E-state index in [-0.39, 0.29) is 19.8 Å². The monoisotopic (exact) mass is 569 g/mol. The van der Waals surface area contributed by atoms with Gasteiger partial charge in [-0.05, 0) is 16.7 Å². The van der Waals surface area contributed by atoms with Crippen LogP contribution in [0.4, 0.5) is 4.79 Å². The maximum atomic E-state index is 12.9. The molecule has 2 heterocycles. The molecule has 212 valence electrons. The van der Waals surface area contributed by atoms with Crippen molar-refractivity contribution in [3.05, 3.63) is 108 Å². The summed E-state index contributed by atoms with van der Waals surface area (Å²) in [4.78, 5) is 12.8. The van der Waals surface area contributed by atoms with Crippen molar-refractivity contribution in [2.24, 2.45) is 0 Å². The van der Waals surface area contributed by atoms with Crippen molar-refractivity contribution in [2.45, 2.75) is 43.9 Å². The SMILES string of the molecule is COC(=O)N1[C@@]2(COS1(=O)=O)O[C@H](COCc1ccccc1)[C@@H](OCc1ccccc1)[C@@H]2OCc1ccccc1. The smallest absolute Gasteiger partial charge is 0.427 e. The molecule has 0 N–H and O–H groups in total. The summed E-state index contributed by atoms with van der Waals surface area (Å²) in [6.45, 7) is 0.135. The minimum atomic E-state index is -4.53. The Balaban J connectivity index is 1.47. The summed E-state index contributed by atoms with van der Waals surface area (Å²) >= 11 is 0. The van der Waals surface area contributed by atoms with Gasteiger partial charge in [0, 0.05) is 0 Å². The molecule has 2 fully saturated rings.